The molecule has 0 fully saturated rings. The van der Waals surface area contributed by atoms with Gasteiger partial charge in [-0.1, -0.05) is 11.6 Å². The zero-order valence-corrected chi connectivity index (χ0v) is 15.2. The van der Waals surface area contributed by atoms with Crippen LogP contribution in [0.3, 0.4) is 0 Å². The molecule has 6 nitrogen and oxygen atoms in total. The van der Waals surface area contributed by atoms with Gasteiger partial charge in [0.2, 0.25) is 5.95 Å². The van der Waals surface area contributed by atoms with Crippen molar-refractivity contribution in [3.05, 3.63) is 47.0 Å². The van der Waals surface area contributed by atoms with Crippen molar-refractivity contribution < 1.29 is 4.79 Å². The lowest BCUT2D eigenvalue weighted by atomic mass is 10.1. The van der Waals surface area contributed by atoms with E-state index in [4.69, 9.17) is 11.6 Å². The van der Waals surface area contributed by atoms with Gasteiger partial charge in [0.1, 0.15) is 0 Å². The van der Waals surface area contributed by atoms with Gasteiger partial charge in [0.25, 0.3) is 5.91 Å². The van der Waals surface area contributed by atoms with Crippen LogP contribution in [0.4, 0.5) is 5.95 Å². The lowest BCUT2D eigenvalue weighted by molar-refractivity contribution is 0.0736. The topological polar surface area (TPSA) is 62.2 Å². The molecule has 0 radical (unpaired) electrons. The molecule has 0 N–H and O–H groups in total. The van der Waals surface area contributed by atoms with Crippen LogP contribution in [0.15, 0.2) is 30.7 Å². The molecule has 0 saturated heterocycles. The van der Waals surface area contributed by atoms with E-state index in [1.165, 1.54) is 6.20 Å². The predicted molar refractivity (Wildman–Crippen MR) is 95.3 cm³/mol. The fraction of sp³-hybridized carbons (Fsp3) is 0.412. The minimum Gasteiger partial charge on any atom is -0.341 e. The number of nitrogens with zero attached hydrogens (tertiary/aromatic N) is 5. The van der Waals surface area contributed by atoms with Crippen LogP contribution in [0, 0.1) is 0 Å². The average molecular weight is 348 g/mol. The first-order chi connectivity index (χ1) is 11.5. The Hall–Kier alpha value is -2.21. The summed E-state index contributed by atoms with van der Waals surface area (Å²) < 4.78 is 0. The van der Waals surface area contributed by atoms with Crippen LogP contribution < -0.4 is 4.90 Å². The van der Waals surface area contributed by atoms with Gasteiger partial charge in [-0.25, -0.2) is 9.97 Å². The fourth-order valence-electron chi connectivity index (χ4n) is 2.38. The molecule has 2 aromatic rings. The highest BCUT2D eigenvalue weighted by atomic mass is 35.5. The van der Waals surface area contributed by atoms with E-state index in [0.29, 0.717) is 5.95 Å². The minimum absolute atomic E-state index is 0.122. The smallest absolute Gasteiger partial charge is 0.274 e. The Bertz CT molecular complexity index is 691. The summed E-state index contributed by atoms with van der Waals surface area (Å²) in [5.41, 5.74) is 1.21. The molecule has 2 heterocycles. The molecule has 0 aliphatic carbocycles. The fourth-order valence-corrected chi connectivity index (χ4v) is 2.55. The minimum atomic E-state index is -0.236. The first kappa shape index (κ1) is 18.1. The van der Waals surface area contributed by atoms with Crippen LogP contribution in [-0.4, -0.2) is 45.9 Å². The Morgan fingerprint density at radius 2 is 1.88 bits per heavy atom. The van der Waals surface area contributed by atoms with Crippen LogP contribution in [0.2, 0.25) is 5.02 Å². The SMILES string of the molecule is CCN(CC)c1ncc(Cl)c(C(=O)N(C)[C@@H](C)c2ccncc2)n1. The van der Waals surface area contributed by atoms with Gasteiger partial charge >= 0.3 is 0 Å². The molecule has 0 bridgehead atoms. The number of halogens is 1. The molecule has 7 heteroatoms. The molecule has 128 valence electrons. The Morgan fingerprint density at radius 1 is 1.25 bits per heavy atom. The van der Waals surface area contributed by atoms with Crippen molar-refractivity contribution in [1.82, 2.24) is 19.9 Å². The number of rotatable bonds is 6. The largest absolute Gasteiger partial charge is 0.341 e. The molecule has 1 amide bonds. The molecular weight excluding hydrogens is 326 g/mol. The third-order valence-corrected chi connectivity index (χ3v) is 4.35. The van der Waals surface area contributed by atoms with Crippen molar-refractivity contribution in [2.45, 2.75) is 26.8 Å². The standard InChI is InChI=1S/C17H22ClN5O/c1-5-23(6-2)17-20-11-14(18)15(21-17)16(24)22(4)12(3)13-7-9-19-10-8-13/h7-12H,5-6H2,1-4H3/t12-/m0/s1. The maximum atomic E-state index is 12.8. The summed E-state index contributed by atoms with van der Waals surface area (Å²) >= 11 is 6.18. The summed E-state index contributed by atoms with van der Waals surface area (Å²) in [6.45, 7) is 7.50. The third-order valence-electron chi connectivity index (χ3n) is 4.07. The van der Waals surface area contributed by atoms with E-state index >= 15 is 0 Å². The second-order valence-corrected chi connectivity index (χ2v) is 5.82. The Balaban J connectivity index is 2.30. The van der Waals surface area contributed by atoms with Crippen molar-refractivity contribution in [1.29, 1.82) is 0 Å². The van der Waals surface area contributed by atoms with E-state index in [9.17, 15) is 4.79 Å². The molecule has 24 heavy (non-hydrogen) atoms. The molecule has 0 saturated carbocycles. The number of hydrogen-bond donors (Lipinski definition) is 0. The molecule has 0 spiro atoms. The Kier molecular flexibility index (Phi) is 6.09. The van der Waals surface area contributed by atoms with Gasteiger partial charge in [-0.3, -0.25) is 9.78 Å². The molecule has 0 aliphatic heterocycles. The molecule has 0 aromatic carbocycles. The average Bonchev–Trinajstić information content (AvgIpc) is 2.63. The van der Waals surface area contributed by atoms with E-state index in [2.05, 4.69) is 15.0 Å². The zero-order valence-electron chi connectivity index (χ0n) is 14.4. The quantitative estimate of drug-likeness (QED) is 0.803. The number of pyridine rings is 1. The second kappa shape index (κ2) is 8.06. The zero-order chi connectivity index (χ0) is 17.7. The van der Waals surface area contributed by atoms with Crippen LogP contribution >= 0.6 is 11.6 Å². The van der Waals surface area contributed by atoms with Gasteiger partial charge in [-0.15, -0.1) is 0 Å². The van der Waals surface area contributed by atoms with Crippen molar-refractivity contribution in [2.24, 2.45) is 0 Å². The summed E-state index contributed by atoms with van der Waals surface area (Å²) in [6, 6.07) is 3.65. The summed E-state index contributed by atoms with van der Waals surface area (Å²) in [4.78, 5) is 29.1. The lowest BCUT2D eigenvalue weighted by Crippen LogP contribution is -2.32. The molecule has 0 aliphatic rings. The first-order valence-electron chi connectivity index (χ1n) is 7.94. The van der Waals surface area contributed by atoms with Gasteiger partial charge < -0.3 is 9.80 Å². The second-order valence-electron chi connectivity index (χ2n) is 5.41. The van der Waals surface area contributed by atoms with E-state index in [0.717, 1.165) is 18.7 Å². The van der Waals surface area contributed by atoms with Gasteiger partial charge in [0.15, 0.2) is 5.69 Å². The van der Waals surface area contributed by atoms with Gasteiger partial charge in [-0.2, -0.15) is 0 Å². The predicted octanol–water partition coefficient (Wildman–Crippen LogP) is 3.20. The monoisotopic (exact) mass is 347 g/mol. The van der Waals surface area contributed by atoms with Crippen LogP contribution in [0.5, 0.6) is 0 Å². The normalized spacial score (nSPS) is 11.9. The molecule has 2 rings (SSSR count). The first-order valence-corrected chi connectivity index (χ1v) is 8.31. The summed E-state index contributed by atoms with van der Waals surface area (Å²) in [5, 5.41) is 0.254. The number of carbonyl (C=O) groups excluding carboxylic acids is 1. The van der Waals surface area contributed by atoms with E-state index in [-0.39, 0.29) is 22.7 Å². The summed E-state index contributed by atoms with van der Waals surface area (Å²) in [6.07, 6.45) is 4.90. The van der Waals surface area contributed by atoms with Crippen LogP contribution in [-0.2, 0) is 0 Å². The Morgan fingerprint density at radius 3 is 2.46 bits per heavy atom. The molecule has 0 unspecified atom stereocenters. The molecular formula is C17H22ClN5O. The van der Waals surface area contributed by atoms with E-state index < -0.39 is 0 Å². The highest BCUT2D eigenvalue weighted by molar-refractivity contribution is 6.33. The molecule has 2 aromatic heterocycles. The maximum absolute atomic E-state index is 12.8. The third kappa shape index (κ3) is 3.82. The van der Waals surface area contributed by atoms with Gasteiger partial charge in [-0.05, 0) is 38.5 Å². The molecule has 1 atom stereocenters. The van der Waals surface area contributed by atoms with E-state index in [1.54, 1.807) is 24.3 Å². The van der Waals surface area contributed by atoms with Crippen molar-refractivity contribution in [2.75, 3.05) is 25.0 Å². The number of hydrogen-bond acceptors (Lipinski definition) is 5. The van der Waals surface area contributed by atoms with E-state index in [1.807, 2.05) is 37.8 Å². The lowest BCUT2D eigenvalue weighted by Gasteiger charge is -2.26. The van der Waals surface area contributed by atoms with Crippen LogP contribution in [0.25, 0.3) is 0 Å². The highest BCUT2D eigenvalue weighted by Gasteiger charge is 2.23. The summed E-state index contributed by atoms with van der Waals surface area (Å²) in [7, 11) is 1.74. The number of carbonyl (C=O) groups is 1. The van der Waals surface area contributed by atoms with Gasteiger partial charge in [0, 0.05) is 32.5 Å². The van der Waals surface area contributed by atoms with Crippen LogP contribution in [0.1, 0.15) is 42.9 Å². The van der Waals surface area contributed by atoms with Crippen molar-refractivity contribution in [3.8, 4) is 0 Å². The number of amides is 1. The van der Waals surface area contributed by atoms with Crippen molar-refractivity contribution in [3.63, 3.8) is 0 Å². The summed E-state index contributed by atoms with van der Waals surface area (Å²) in [5.74, 6) is 0.276. The highest BCUT2D eigenvalue weighted by Crippen LogP contribution is 2.23. The number of anilines is 1. The Labute approximate surface area is 147 Å². The van der Waals surface area contributed by atoms with Gasteiger partial charge in [0.05, 0.1) is 17.3 Å². The maximum Gasteiger partial charge on any atom is 0.274 e. The van der Waals surface area contributed by atoms with Crippen molar-refractivity contribution >= 4 is 23.5 Å². The number of aromatic nitrogens is 3.